The fraction of sp³-hybridized carbons (Fsp3) is 0.500. The summed E-state index contributed by atoms with van der Waals surface area (Å²) in [6.07, 6.45) is 1.82. The van der Waals surface area contributed by atoms with Crippen molar-refractivity contribution in [3.05, 3.63) is 30.5 Å². The van der Waals surface area contributed by atoms with Gasteiger partial charge in [0.25, 0.3) is 0 Å². The molecule has 1 aromatic heterocycles. The van der Waals surface area contributed by atoms with Gasteiger partial charge in [0.1, 0.15) is 5.82 Å². The van der Waals surface area contributed by atoms with E-state index in [4.69, 9.17) is 0 Å². The van der Waals surface area contributed by atoms with Crippen LogP contribution in [0.15, 0.2) is 30.5 Å². The van der Waals surface area contributed by atoms with E-state index in [1.54, 1.807) is 0 Å². The zero-order valence-corrected chi connectivity index (χ0v) is 12.2. The van der Waals surface area contributed by atoms with Gasteiger partial charge in [-0.25, -0.2) is 4.98 Å². The van der Waals surface area contributed by atoms with Gasteiger partial charge in [-0.1, -0.05) is 39.8 Å². The molecule has 3 heteroatoms. The number of nitrogens with one attached hydrogen (secondary N) is 1. The Morgan fingerprint density at radius 3 is 2.26 bits per heavy atom. The lowest BCUT2D eigenvalue weighted by molar-refractivity contribution is 0.304. The van der Waals surface area contributed by atoms with E-state index in [2.05, 4.69) is 43.0 Å². The van der Waals surface area contributed by atoms with Gasteiger partial charge in [0.2, 0.25) is 0 Å². The average Bonchev–Trinajstić information content (AvgIpc) is 2.38. The van der Waals surface area contributed by atoms with Gasteiger partial charge in [0, 0.05) is 6.54 Å². The van der Waals surface area contributed by atoms with Gasteiger partial charge in [-0.15, -0.1) is 0 Å². The molecule has 0 aliphatic heterocycles. The Morgan fingerprint density at radius 1 is 1.00 bits per heavy atom. The molecule has 0 saturated heterocycles. The van der Waals surface area contributed by atoms with Gasteiger partial charge in [-0.2, -0.15) is 0 Å². The third-order valence-electron chi connectivity index (χ3n) is 3.68. The lowest BCUT2D eigenvalue weighted by Crippen LogP contribution is -2.24. The van der Waals surface area contributed by atoms with Crippen molar-refractivity contribution in [1.29, 1.82) is 0 Å². The zero-order valence-electron chi connectivity index (χ0n) is 12.2. The first kappa shape index (κ1) is 13.8. The number of anilines is 1. The molecule has 0 amide bonds. The molecule has 0 fully saturated rings. The predicted molar refractivity (Wildman–Crippen MR) is 81.2 cm³/mol. The van der Waals surface area contributed by atoms with Crippen molar-refractivity contribution in [2.75, 3.05) is 11.9 Å². The largest absolute Gasteiger partial charge is 0.368 e. The molecule has 2 rings (SSSR count). The first-order valence-electron chi connectivity index (χ1n) is 7.03. The summed E-state index contributed by atoms with van der Waals surface area (Å²) in [5.41, 5.74) is 1.88. The van der Waals surface area contributed by atoms with Crippen LogP contribution in [-0.4, -0.2) is 16.5 Å². The third-order valence-corrected chi connectivity index (χ3v) is 3.68. The highest BCUT2D eigenvalue weighted by Gasteiger charge is 2.17. The Labute approximate surface area is 115 Å². The number of fused-ring (bicyclic) bond motifs is 1. The molecular formula is C16H23N3. The van der Waals surface area contributed by atoms with Gasteiger partial charge >= 0.3 is 0 Å². The second kappa shape index (κ2) is 6.00. The Bertz CT molecular complexity index is 526. The van der Waals surface area contributed by atoms with Crippen molar-refractivity contribution in [1.82, 2.24) is 9.97 Å². The van der Waals surface area contributed by atoms with E-state index < -0.39 is 0 Å². The maximum absolute atomic E-state index is 4.59. The number of benzene rings is 1. The van der Waals surface area contributed by atoms with E-state index in [9.17, 15) is 0 Å². The number of hydrogen-bond acceptors (Lipinski definition) is 3. The first-order valence-corrected chi connectivity index (χ1v) is 7.03. The van der Waals surface area contributed by atoms with Gasteiger partial charge < -0.3 is 5.32 Å². The summed E-state index contributed by atoms with van der Waals surface area (Å²) >= 11 is 0. The molecule has 3 nitrogen and oxygen atoms in total. The summed E-state index contributed by atoms with van der Waals surface area (Å²) in [6.45, 7) is 10.1. The van der Waals surface area contributed by atoms with E-state index in [0.29, 0.717) is 17.8 Å². The summed E-state index contributed by atoms with van der Waals surface area (Å²) in [5.74, 6) is 2.85. The van der Waals surface area contributed by atoms with Crippen molar-refractivity contribution in [3.8, 4) is 0 Å². The molecule has 1 heterocycles. The Balaban J connectivity index is 2.09. The summed E-state index contributed by atoms with van der Waals surface area (Å²) < 4.78 is 0. The molecule has 1 N–H and O–H groups in total. The quantitative estimate of drug-likeness (QED) is 0.880. The minimum Gasteiger partial charge on any atom is -0.368 e. The zero-order chi connectivity index (χ0) is 13.8. The molecule has 0 radical (unpaired) electrons. The highest BCUT2D eigenvalue weighted by molar-refractivity contribution is 5.75. The molecule has 0 bridgehead atoms. The fourth-order valence-corrected chi connectivity index (χ4v) is 2.51. The van der Waals surface area contributed by atoms with Crippen LogP contribution in [0, 0.1) is 17.8 Å². The lowest BCUT2D eigenvalue weighted by Gasteiger charge is -2.25. The van der Waals surface area contributed by atoms with Crippen LogP contribution in [0.25, 0.3) is 11.0 Å². The molecular weight excluding hydrogens is 234 g/mol. The first-order chi connectivity index (χ1) is 9.08. The topological polar surface area (TPSA) is 37.8 Å². The van der Waals surface area contributed by atoms with E-state index >= 15 is 0 Å². The Morgan fingerprint density at radius 2 is 1.63 bits per heavy atom. The van der Waals surface area contributed by atoms with Gasteiger partial charge in [0.05, 0.1) is 17.2 Å². The SMILES string of the molecule is CC(C)C(CNc1cnc2ccccc2n1)C(C)C. The minimum absolute atomic E-state index is 0.647. The van der Waals surface area contributed by atoms with E-state index in [1.165, 1.54) is 0 Å². The molecule has 102 valence electrons. The monoisotopic (exact) mass is 257 g/mol. The molecule has 1 aromatic carbocycles. The van der Waals surface area contributed by atoms with Crippen LogP contribution in [0.3, 0.4) is 0 Å². The smallest absolute Gasteiger partial charge is 0.145 e. The molecule has 0 aliphatic rings. The normalized spacial score (nSPS) is 11.7. The van der Waals surface area contributed by atoms with Gasteiger partial charge in [-0.05, 0) is 29.9 Å². The molecule has 0 atom stereocenters. The summed E-state index contributed by atoms with van der Waals surface area (Å²) in [4.78, 5) is 9.02. The van der Waals surface area contributed by atoms with Crippen LogP contribution >= 0.6 is 0 Å². The average molecular weight is 257 g/mol. The van der Waals surface area contributed by atoms with Crippen molar-refractivity contribution in [3.63, 3.8) is 0 Å². The van der Waals surface area contributed by atoms with Crippen LogP contribution in [0.2, 0.25) is 0 Å². The molecule has 2 aromatic rings. The highest BCUT2D eigenvalue weighted by atomic mass is 15.0. The highest BCUT2D eigenvalue weighted by Crippen LogP contribution is 2.21. The van der Waals surface area contributed by atoms with Crippen molar-refractivity contribution in [2.45, 2.75) is 27.7 Å². The standard InChI is InChI=1S/C16H23N3/c1-11(2)13(12(3)4)9-18-16-10-17-14-7-5-6-8-15(14)19-16/h5-8,10-13H,9H2,1-4H3,(H,18,19). The Hall–Kier alpha value is -1.64. The van der Waals surface area contributed by atoms with E-state index in [0.717, 1.165) is 23.4 Å². The second-order valence-corrected chi connectivity index (χ2v) is 5.78. The van der Waals surface area contributed by atoms with Crippen LogP contribution in [0.1, 0.15) is 27.7 Å². The number of para-hydroxylation sites is 2. The molecule has 0 unspecified atom stereocenters. The summed E-state index contributed by atoms with van der Waals surface area (Å²) in [5, 5.41) is 3.43. The minimum atomic E-state index is 0.647. The molecule has 0 spiro atoms. The predicted octanol–water partition coefficient (Wildman–Crippen LogP) is 3.97. The molecule has 0 aliphatic carbocycles. The fourth-order valence-electron chi connectivity index (χ4n) is 2.51. The maximum Gasteiger partial charge on any atom is 0.145 e. The van der Waals surface area contributed by atoms with Crippen LogP contribution < -0.4 is 5.32 Å². The van der Waals surface area contributed by atoms with E-state index in [1.807, 2.05) is 30.5 Å². The maximum atomic E-state index is 4.59. The van der Waals surface area contributed by atoms with Crippen molar-refractivity contribution < 1.29 is 0 Å². The summed E-state index contributed by atoms with van der Waals surface area (Å²) in [6, 6.07) is 7.95. The summed E-state index contributed by atoms with van der Waals surface area (Å²) in [7, 11) is 0. The van der Waals surface area contributed by atoms with Crippen LogP contribution in [0.5, 0.6) is 0 Å². The second-order valence-electron chi connectivity index (χ2n) is 5.78. The number of hydrogen-bond donors (Lipinski definition) is 1. The number of nitrogens with zero attached hydrogens (tertiary/aromatic N) is 2. The van der Waals surface area contributed by atoms with E-state index in [-0.39, 0.29) is 0 Å². The van der Waals surface area contributed by atoms with Crippen molar-refractivity contribution >= 4 is 16.9 Å². The molecule has 0 saturated carbocycles. The Kier molecular flexibility index (Phi) is 4.35. The lowest BCUT2D eigenvalue weighted by atomic mass is 9.85. The van der Waals surface area contributed by atoms with Gasteiger partial charge in [-0.3, -0.25) is 4.98 Å². The third kappa shape index (κ3) is 3.43. The van der Waals surface area contributed by atoms with Crippen LogP contribution in [-0.2, 0) is 0 Å². The van der Waals surface area contributed by atoms with Gasteiger partial charge in [0.15, 0.2) is 0 Å². The van der Waals surface area contributed by atoms with Crippen LogP contribution in [0.4, 0.5) is 5.82 Å². The molecule has 19 heavy (non-hydrogen) atoms. The number of rotatable bonds is 5. The number of aromatic nitrogens is 2. The van der Waals surface area contributed by atoms with Crippen molar-refractivity contribution in [2.24, 2.45) is 17.8 Å².